The number of amides is 1. The van der Waals surface area contributed by atoms with Gasteiger partial charge in [0.15, 0.2) is 18.5 Å². The zero-order valence-corrected chi connectivity index (χ0v) is 12.6. The molecule has 0 aliphatic carbocycles. The Kier molecular flexibility index (Phi) is 5.58. The van der Waals surface area contributed by atoms with Crippen LogP contribution in [0.2, 0.25) is 5.02 Å². The van der Waals surface area contributed by atoms with Crippen LogP contribution in [0.5, 0.6) is 5.75 Å². The topological polar surface area (TPSA) is 43.7 Å². The van der Waals surface area contributed by atoms with Gasteiger partial charge in [0, 0.05) is 37.2 Å². The minimum Gasteiger partial charge on any atom is -0.484 e. The molecule has 1 aromatic carbocycles. The number of H-pyrrole nitrogens is 1. The molecule has 0 saturated carbocycles. The highest BCUT2D eigenvalue weighted by Crippen LogP contribution is 2.15. The molecule has 0 fully saturated rings. The number of rotatable bonds is 6. The van der Waals surface area contributed by atoms with Gasteiger partial charge in [0.2, 0.25) is 0 Å². The van der Waals surface area contributed by atoms with E-state index in [2.05, 4.69) is 4.98 Å². The Labute approximate surface area is 129 Å². The number of carbonyl (C=O) groups excluding carboxylic acids is 1. The Bertz CT molecular complexity index is 573. The van der Waals surface area contributed by atoms with Crippen LogP contribution in [0.4, 0.5) is 0 Å². The number of likely N-dealkylation sites (N-methyl/N-ethyl adjacent to an activating group) is 1. The van der Waals surface area contributed by atoms with Crippen LogP contribution in [0.1, 0.15) is 5.69 Å². The highest BCUT2D eigenvalue weighted by molar-refractivity contribution is 6.30. The van der Waals surface area contributed by atoms with Gasteiger partial charge in [-0.3, -0.25) is 4.79 Å². The van der Waals surface area contributed by atoms with Crippen molar-refractivity contribution >= 4 is 17.5 Å². The van der Waals surface area contributed by atoms with E-state index in [0.29, 0.717) is 17.3 Å². The fourth-order valence-corrected chi connectivity index (χ4v) is 1.91. The summed E-state index contributed by atoms with van der Waals surface area (Å²) in [6.45, 7) is 0.667. The average molecular weight is 306 g/mol. The number of pyridine rings is 1. The number of hydrogen-bond acceptors (Lipinski definition) is 2. The van der Waals surface area contributed by atoms with Crippen LogP contribution >= 0.6 is 11.6 Å². The Hall–Kier alpha value is -2.07. The van der Waals surface area contributed by atoms with E-state index in [-0.39, 0.29) is 12.5 Å². The van der Waals surface area contributed by atoms with E-state index in [9.17, 15) is 4.79 Å². The molecule has 0 spiro atoms. The van der Waals surface area contributed by atoms with E-state index in [1.807, 2.05) is 24.4 Å². The molecule has 21 heavy (non-hydrogen) atoms. The van der Waals surface area contributed by atoms with Gasteiger partial charge in [0.1, 0.15) is 5.75 Å². The molecule has 2 rings (SSSR count). The molecular formula is C16H18ClN2O2+. The molecule has 0 aliphatic heterocycles. The van der Waals surface area contributed by atoms with Crippen molar-refractivity contribution in [2.24, 2.45) is 0 Å². The minimum absolute atomic E-state index is 0.0244. The molecule has 1 aromatic heterocycles. The van der Waals surface area contributed by atoms with Crippen molar-refractivity contribution in [2.75, 3.05) is 20.2 Å². The molecule has 0 radical (unpaired) electrons. The second kappa shape index (κ2) is 7.64. The Morgan fingerprint density at radius 1 is 1.24 bits per heavy atom. The molecular weight excluding hydrogens is 288 g/mol. The summed E-state index contributed by atoms with van der Waals surface area (Å²) < 4.78 is 5.44. The maximum atomic E-state index is 12.0. The van der Waals surface area contributed by atoms with Gasteiger partial charge in [-0.25, -0.2) is 4.98 Å². The first kappa shape index (κ1) is 15.3. The quantitative estimate of drug-likeness (QED) is 0.821. The molecule has 0 atom stereocenters. The SMILES string of the molecule is CN(CCc1cccc[nH+]1)C(=O)COc1ccc(Cl)cc1. The smallest absolute Gasteiger partial charge is 0.260 e. The molecule has 1 heterocycles. The summed E-state index contributed by atoms with van der Waals surface area (Å²) in [5, 5.41) is 0.643. The van der Waals surface area contributed by atoms with Crippen LogP contribution in [0.3, 0.4) is 0 Å². The van der Waals surface area contributed by atoms with Crippen LogP contribution in [0, 0.1) is 0 Å². The van der Waals surface area contributed by atoms with Gasteiger partial charge in [0.25, 0.3) is 5.91 Å². The second-order valence-corrected chi connectivity index (χ2v) is 5.13. The molecule has 0 unspecified atom stereocenters. The largest absolute Gasteiger partial charge is 0.484 e. The van der Waals surface area contributed by atoms with Crippen LogP contribution in [0.25, 0.3) is 0 Å². The normalized spacial score (nSPS) is 10.2. The number of halogens is 1. The zero-order valence-electron chi connectivity index (χ0n) is 11.9. The van der Waals surface area contributed by atoms with Crippen LogP contribution < -0.4 is 9.72 Å². The van der Waals surface area contributed by atoms with E-state index in [4.69, 9.17) is 16.3 Å². The summed E-state index contributed by atoms with van der Waals surface area (Å²) in [5.74, 6) is 0.582. The molecule has 1 N–H and O–H groups in total. The maximum absolute atomic E-state index is 12.0. The lowest BCUT2D eigenvalue weighted by molar-refractivity contribution is -0.390. The fourth-order valence-electron chi connectivity index (χ4n) is 1.78. The number of nitrogens with one attached hydrogen (secondary N) is 1. The number of benzene rings is 1. The summed E-state index contributed by atoms with van der Waals surface area (Å²) in [6.07, 6.45) is 2.66. The van der Waals surface area contributed by atoms with Crippen molar-refractivity contribution in [1.82, 2.24) is 4.90 Å². The van der Waals surface area contributed by atoms with Crippen LogP contribution in [-0.2, 0) is 11.2 Å². The number of nitrogens with zero attached hydrogens (tertiary/aromatic N) is 1. The second-order valence-electron chi connectivity index (χ2n) is 4.70. The molecule has 0 aliphatic rings. The minimum atomic E-state index is -0.0547. The number of ether oxygens (including phenoxy) is 1. The van der Waals surface area contributed by atoms with Gasteiger partial charge < -0.3 is 9.64 Å². The van der Waals surface area contributed by atoms with E-state index >= 15 is 0 Å². The molecule has 0 saturated heterocycles. The monoisotopic (exact) mass is 305 g/mol. The van der Waals surface area contributed by atoms with Gasteiger partial charge in [-0.15, -0.1) is 0 Å². The van der Waals surface area contributed by atoms with E-state index in [0.717, 1.165) is 12.1 Å². The standard InChI is InChI=1S/C16H17ClN2O2/c1-19(11-9-14-4-2-3-10-18-14)16(20)12-21-15-7-5-13(17)6-8-15/h2-8,10H,9,11-12H2,1H3/p+1. The van der Waals surface area contributed by atoms with Crippen molar-refractivity contribution in [2.45, 2.75) is 6.42 Å². The lowest BCUT2D eigenvalue weighted by atomic mass is 10.2. The van der Waals surface area contributed by atoms with E-state index in [1.165, 1.54) is 0 Å². The zero-order chi connectivity index (χ0) is 15.1. The molecule has 1 amide bonds. The summed E-state index contributed by atoms with van der Waals surface area (Å²) >= 11 is 5.79. The Balaban J connectivity index is 1.76. The third-order valence-electron chi connectivity index (χ3n) is 3.09. The fraction of sp³-hybridized carbons (Fsp3) is 0.250. The number of aromatic nitrogens is 1. The van der Waals surface area contributed by atoms with Crippen LogP contribution in [0.15, 0.2) is 48.7 Å². The van der Waals surface area contributed by atoms with Crippen LogP contribution in [-0.4, -0.2) is 31.0 Å². The average Bonchev–Trinajstić information content (AvgIpc) is 2.52. The summed E-state index contributed by atoms with van der Waals surface area (Å²) in [6, 6.07) is 12.9. The van der Waals surface area contributed by atoms with Gasteiger partial charge in [-0.2, -0.15) is 0 Å². The van der Waals surface area contributed by atoms with E-state index in [1.54, 1.807) is 36.2 Å². The molecule has 2 aromatic rings. The van der Waals surface area contributed by atoms with Crippen molar-refractivity contribution < 1.29 is 14.5 Å². The van der Waals surface area contributed by atoms with Gasteiger partial charge >= 0.3 is 0 Å². The van der Waals surface area contributed by atoms with Gasteiger partial charge in [-0.1, -0.05) is 17.7 Å². The molecule has 4 nitrogen and oxygen atoms in total. The molecule has 110 valence electrons. The summed E-state index contributed by atoms with van der Waals surface area (Å²) in [7, 11) is 1.77. The summed E-state index contributed by atoms with van der Waals surface area (Å²) in [4.78, 5) is 16.8. The first-order chi connectivity index (χ1) is 10.1. The first-order valence-corrected chi connectivity index (χ1v) is 7.11. The Morgan fingerprint density at radius 3 is 2.67 bits per heavy atom. The Morgan fingerprint density at radius 2 is 2.00 bits per heavy atom. The summed E-state index contributed by atoms with van der Waals surface area (Å²) in [5.41, 5.74) is 1.09. The predicted molar refractivity (Wildman–Crippen MR) is 81.3 cm³/mol. The highest BCUT2D eigenvalue weighted by atomic mass is 35.5. The first-order valence-electron chi connectivity index (χ1n) is 6.73. The predicted octanol–water partition coefficient (Wildman–Crippen LogP) is 2.23. The number of aromatic amines is 1. The maximum Gasteiger partial charge on any atom is 0.260 e. The van der Waals surface area contributed by atoms with Gasteiger partial charge in [0.05, 0.1) is 0 Å². The number of hydrogen-bond donors (Lipinski definition) is 0. The molecule has 5 heteroatoms. The highest BCUT2D eigenvalue weighted by Gasteiger charge is 2.11. The molecule has 0 bridgehead atoms. The number of carbonyl (C=O) groups is 1. The lowest BCUT2D eigenvalue weighted by Crippen LogP contribution is -2.33. The lowest BCUT2D eigenvalue weighted by Gasteiger charge is -2.16. The van der Waals surface area contributed by atoms with Crippen molar-refractivity contribution in [3.63, 3.8) is 0 Å². The van der Waals surface area contributed by atoms with Crippen molar-refractivity contribution in [3.05, 3.63) is 59.4 Å². The van der Waals surface area contributed by atoms with Gasteiger partial charge in [-0.05, 0) is 24.3 Å². The third-order valence-corrected chi connectivity index (χ3v) is 3.34. The van der Waals surface area contributed by atoms with Crippen molar-refractivity contribution in [1.29, 1.82) is 0 Å². The third kappa shape index (κ3) is 5.08. The van der Waals surface area contributed by atoms with Crippen molar-refractivity contribution in [3.8, 4) is 5.75 Å². The van der Waals surface area contributed by atoms with E-state index < -0.39 is 0 Å².